The van der Waals surface area contributed by atoms with Crippen LogP contribution in [0.4, 0.5) is 4.79 Å². The first kappa shape index (κ1) is 8.37. The van der Waals surface area contributed by atoms with Gasteiger partial charge in [0.15, 0.2) is 0 Å². The predicted octanol–water partition coefficient (Wildman–Crippen LogP) is 1.79. The zero-order valence-electron chi connectivity index (χ0n) is 7.13. The van der Waals surface area contributed by atoms with Gasteiger partial charge < -0.3 is 10.0 Å². The third kappa shape index (κ3) is 2.10. The van der Waals surface area contributed by atoms with Gasteiger partial charge in [0, 0.05) is 13.1 Å². The summed E-state index contributed by atoms with van der Waals surface area (Å²) in [6.07, 6.45) is 1.19. The molecule has 11 heavy (non-hydrogen) atoms. The van der Waals surface area contributed by atoms with E-state index in [1.54, 1.807) is 0 Å². The zero-order chi connectivity index (χ0) is 8.48. The molecule has 1 N–H and O–H groups in total. The Bertz CT molecular complexity index is 155. The van der Waals surface area contributed by atoms with Crippen LogP contribution in [-0.4, -0.2) is 29.2 Å². The maximum absolute atomic E-state index is 10.5. The standard InChI is InChI=1S/C8H15NO2/c1-8(2)3-5-9(6-4-8)7(10)11/h3-6H2,1-2H3,(H,10,11). The fraction of sp³-hybridized carbons (Fsp3) is 0.875. The first-order chi connectivity index (χ1) is 5.01. The van der Waals surface area contributed by atoms with Gasteiger partial charge in [-0.15, -0.1) is 0 Å². The fourth-order valence-corrected chi connectivity index (χ4v) is 1.30. The third-order valence-electron chi connectivity index (χ3n) is 2.39. The molecule has 0 bridgehead atoms. The molecule has 1 rings (SSSR count). The van der Waals surface area contributed by atoms with Crippen molar-refractivity contribution in [2.45, 2.75) is 26.7 Å². The molecule has 0 aliphatic carbocycles. The molecule has 1 amide bonds. The molecule has 1 saturated heterocycles. The Morgan fingerprint density at radius 3 is 2.18 bits per heavy atom. The van der Waals surface area contributed by atoms with Gasteiger partial charge in [0.1, 0.15) is 0 Å². The van der Waals surface area contributed by atoms with E-state index in [4.69, 9.17) is 5.11 Å². The minimum absolute atomic E-state index is 0.339. The Labute approximate surface area is 67.0 Å². The van der Waals surface area contributed by atoms with Crippen molar-refractivity contribution in [1.82, 2.24) is 4.90 Å². The molecule has 0 radical (unpaired) electrons. The van der Waals surface area contributed by atoms with E-state index in [9.17, 15) is 4.79 Å². The molecule has 1 fully saturated rings. The highest BCUT2D eigenvalue weighted by atomic mass is 16.4. The Hall–Kier alpha value is -0.730. The van der Waals surface area contributed by atoms with Crippen LogP contribution in [0, 0.1) is 5.41 Å². The number of likely N-dealkylation sites (tertiary alicyclic amines) is 1. The van der Waals surface area contributed by atoms with E-state index in [2.05, 4.69) is 13.8 Å². The molecule has 1 aliphatic heterocycles. The van der Waals surface area contributed by atoms with Crippen LogP contribution in [0.15, 0.2) is 0 Å². The molecule has 0 aromatic carbocycles. The molecule has 0 atom stereocenters. The summed E-state index contributed by atoms with van der Waals surface area (Å²) in [4.78, 5) is 12.0. The van der Waals surface area contributed by atoms with Crippen molar-refractivity contribution < 1.29 is 9.90 Å². The van der Waals surface area contributed by atoms with Gasteiger partial charge in [0.2, 0.25) is 0 Å². The average Bonchev–Trinajstić information content (AvgIpc) is 1.86. The largest absolute Gasteiger partial charge is 0.465 e. The van der Waals surface area contributed by atoms with Crippen LogP contribution in [0.2, 0.25) is 0 Å². The van der Waals surface area contributed by atoms with Crippen molar-refractivity contribution in [2.75, 3.05) is 13.1 Å². The number of piperidine rings is 1. The van der Waals surface area contributed by atoms with Crippen LogP contribution in [-0.2, 0) is 0 Å². The second-order valence-corrected chi connectivity index (χ2v) is 3.93. The number of rotatable bonds is 0. The molecular formula is C8H15NO2. The van der Waals surface area contributed by atoms with Crippen LogP contribution >= 0.6 is 0 Å². The van der Waals surface area contributed by atoms with Crippen LogP contribution < -0.4 is 0 Å². The van der Waals surface area contributed by atoms with E-state index in [0.29, 0.717) is 18.5 Å². The quantitative estimate of drug-likeness (QED) is 0.582. The van der Waals surface area contributed by atoms with Gasteiger partial charge in [-0.2, -0.15) is 0 Å². The molecule has 3 heteroatoms. The highest BCUT2D eigenvalue weighted by Crippen LogP contribution is 2.29. The summed E-state index contributed by atoms with van der Waals surface area (Å²) in [7, 11) is 0. The van der Waals surface area contributed by atoms with E-state index >= 15 is 0 Å². The van der Waals surface area contributed by atoms with Gasteiger partial charge in [-0.3, -0.25) is 0 Å². The Morgan fingerprint density at radius 1 is 1.36 bits per heavy atom. The summed E-state index contributed by atoms with van der Waals surface area (Å²) in [5.74, 6) is 0. The number of hydrogen-bond donors (Lipinski definition) is 1. The van der Waals surface area contributed by atoms with E-state index in [-0.39, 0.29) is 0 Å². The normalized spacial score (nSPS) is 23.3. The molecule has 1 aliphatic rings. The molecule has 3 nitrogen and oxygen atoms in total. The number of carboxylic acid groups (broad SMARTS) is 1. The second kappa shape index (κ2) is 2.72. The summed E-state index contributed by atoms with van der Waals surface area (Å²) in [5.41, 5.74) is 0.339. The van der Waals surface area contributed by atoms with E-state index in [0.717, 1.165) is 12.8 Å². The van der Waals surface area contributed by atoms with Gasteiger partial charge >= 0.3 is 6.09 Å². The van der Waals surface area contributed by atoms with Crippen molar-refractivity contribution in [1.29, 1.82) is 0 Å². The molecule has 0 spiro atoms. The maximum Gasteiger partial charge on any atom is 0.407 e. The lowest BCUT2D eigenvalue weighted by Gasteiger charge is -2.35. The second-order valence-electron chi connectivity index (χ2n) is 3.93. The molecule has 0 aromatic heterocycles. The fourth-order valence-electron chi connectivity index (χ4n) is 1.30. The van der Waals surface area contributed by atoms with E-state index in [1.165, 1.54) is 4.90 Å². The smallest absolute Gasteiger partial charge is 0.407 e. The Morgan fingerprint density at radius 2 is 1.82 bits per heavy atom. The van der Waals surface area contributed by atoms with Gasteiger partial charge in [-0.05, 0) is 18.3 Å². The molecule has 0 saturated carbocycles. The minimum Gasteiger partial charge on any atom is -0.465 e. The van der Waals surface area contributed by atoms with Gasteiger partial charge in [-0.25, -0.2) is 4.79 Å². The van der Waals surface area contributed by atoms with Gasteiger partial charge in [-0.1, -0.05) is 13.8 Å². The van der Waals surface area contributed by atoms with E-state index in [1.807, 2.05) is 0 Å². The minimum atomic E-state index is -0.777. The monoisotopic (exact) mass is 157 g/mol. The molecule has 1 heterocycles. The zero-order valence-corrected chi connectivity index (χ0v) is 7.13. The number of amides is 1. The Balaban J connectivity index is 2.42. The van der Waals surface area contributed by atoms with Crippen molar-refractivity contribution in [3.05, 3.63) is 0 Å². The topological polar surface area (TPSA) is 40.5 Å². The van der Waals surface area contributed by atoms with E-state index < -0.39 is 6.09 Å². The van der Waals surface area contributed by atoms with Crippen LogP contribution in [0.25, 0.3) is 0 Å². The van der Waals surface area contributed by atoms with Crippen LogP contribution in [0.3, 0.4) is 0 Å². The SMILES string of the molecule is CC1(C)CCN(C(=O)O)CC1. The number of carbonyl (C=O) groups is 1. The molecule has 64 valence electrons. The third-order valence-corrected chi connectivity index (χ3v) is 2.39. The average molecular weight is 157 g/mol. The number of nitrogens with zero attached hydrogens (tertiary/aromatic N) is 1. The van der Waals surface area contributed by atoms with Crippen molar-refractivity contribution in [3.63, 3.8) is 0 Å². The summed E-state index contributed by atoms with van der Waals surface area (Å²) >= 11 is 0. The van der Waals surface area contributed by atoms with Crippen LogP contribution in [0.1, 0.15) is 26.7 Å². The lowest BCUT2D eigenvalue weighted by atomic mass is 9.83. The molecule has 0 unspecified atom stereocenters. The molecular weight excluding hydrogens is 142 g/mol. The van der Waals surface area contributed by atoms with Crippen molar-refractivity contribution >= 4 is 6.09 Å². The lowest BCUT2D eigenvalue weighted by Crippen LogP contribution is -2.40. The first-order valence-corrected chi connectivity index (χ1v) is 3.99. The summed E-state index contributed by atoms with van der Waals surface area (Å²) in [6.45, 7) is 5.77. The predicted molar refractivity (Wildman–Crippen MR) is 42.6 cm³/mol. The van der Waals surface area contributed by atoms with Crippen molar-refractivity contribution in [2.24, 2.45) is 5.41 Å². The van der Waals surface area contributed by atoms with Crippen LogP contribution in [0.5, 0.6) is 0 Å². The highest BCUT2D eigenvalue weighted by Gasteiger charge is 2.27. The van der Waals surface area contributed by atoms with Crippen molar-refractivity contribution in [3.8, 4) is 0 Å². The molecule has 0 aromatic rings. The highest BCUT2D eigenvalue weighted by molar-refractivity contribution is 5.65. The Kier molecular flexibility index (Phi) is 2.07. The summed E-state index contributed by atoms with van der Waals surface area (Å²) in [6, 6.07) is 0. The maximum atomic E-state index is 10.5. The summed E-state index contributed by atoms with van der Waals surface area (Å²) < 4.78 is 0. The number of hydrogen-bond acceptors (Lipinski definition) is 1. The van der Waals surface area contributed by atoms with Gasteiger partial charge in [0.05, 0.1) is 0 Å². The summed E-state index contributed by atoms with van der Waals surface area (Å²) in [5, 5.41) is 8.63. The first-order valence-electron chi connectivity index (χ1n) is 3.99. The lowest BCUT2D eigenvalue weighted by molar-refractivity contribution is 0.105. The van der Waals surface area contributed by atoms with Gasteiger partial charge in [0.25, 0.3) is 0 Å².